The standard InChI is InChI=1S/C34H54N2O8/c1-22(12-15-29-23(2)18-28(25(4)43-29)36-31(38)17-14-24(3)42-21-37)13-16-30-33(40)34(5,41-6)20-27(44-30)19-32(39)35-26-10-8-7-9-11-26/h12-14,16-17,21,23-30,33,40H,7-11,15,18-20H2,1-6H3,(H,35,39)(H,36,38)/b16-13+,17-14-,22-12+/t23?,24?,25?,27-,28?,29?,30-,33-,34?/m1/s1. The van der Waals surface area contributed by atoms with Crippen molar-refractivity contribution in [1.82, 2.24) is 10.6 Å². The number of aliphatic hydroxyl groups is 1. The van der Waals surface area contributed by atoms with Gasteiger partial charge in [0.1, 0.15) is 18.3 Å². The number of rotatable bonds is 13. The van der Waals surface area contributed by atoms with Gasteiger partial charge in [-0.3, -0.25) is 14.4 Å². The first-order valence-corrected chi connectivity index (χ1v) is 16.2. The maximum Gasteiger partial charge on any atom is 0.293 e. The quantitative estimate of drug-likeness (QED) is 0.160. The highest BCUT2D eigenvalue weighted by Crippen LogP contribution is 2.34. The minimum atomic E-state index is -0.875. The van der Waals surface area contributed by atoms with Crippen molar-refractivity contribution in [3.05, 3.63) is 36.0 Å². The lowest BCUT2D eigenvalue weighted by molar-refractivity contribution is -0.207. The Hall–Kier alpha value is -2.53. The first kappa shape index (κ1) is 35.9. The van der Waals surface area contributed by atoms with Crippen LogP contribution in [0, 0.1) is 5.92 Å². The number of hydrogen-bond acceptors (Lipinski definition) is 8. The molecule has 3 rings (SSSR count). The fraction of sp³-hybridized carbons (Fsp3) is 0.735. The molecule has 44 heavy (non-hydrogen) atoms. The van der Waals surface area contributed by atoms with Crippen LogP contribution in [0.1, 0.15) is 92.4 Å². The van der Waals surface area contributed by atoms with Crippen LogP contribution in [0.2, 0.25) is 0 Å². The van der Waals surface area contributed by atoms with Gasteiger partial charge in [-0.15, -0.1) is 0 Å². The lowest BCUT2D eigenvalue weighted by Gasteiger charge is -2.44. The van der Waals surface area contributed by atoms with Crippen molar-refractivity contribution in [1.29, 1.82) is 0 Å². The molecule has 2 aliphatic heterocycles. The minimum absolute atomic E-state index is 0.00146. The van der Waals surface area contributed by atoms with Crippen molar-refractivity contribution < 1.29 is 38.4 Å². The third-order valence-corrected chi connectivity index (χ3v) is 9.32. The molecule has 6 unspecified atom stereocenters. The van der Waals surface area contributed by atoms with E-state index >= 15 is 0 Å². The Labute approximate surface area is 263 Å². The number of amides is 2. The van der Waals surface area contributed by atoms with Crippen molar-refractivity contribution in [3.8, 4) is 0 Å². The molecule has 3 fully saturated rings. The van der Waals surface area contributed by atoms with E-state index < -0.39 is 23.9 Å². The van der Waals surface area contributed by atoms with Gasteiger partial charge in [-0.2, -0.15) is 0 Å². The number of aliphatic hydroxyl groups excluding tert-OH is 1. The summed E-state index contributed by atoms with van der Waals surface area (Å²) in [5.74, 6) is -0.0391. The van der Waals surface area contributed by atoms with E-state index in [1.807, 2.05) is 32.9 Å². The molecule has 1 saturated carbocycles. The first-order chi connectivity index (χ1) is 20.9. The molecule has 1 aliphatic carbocycles. The number of nitrogens with one attached hydrogen (secondary N) is 2. The van der Waals surface area contributed by atoms with Crippen molar-refractivity contribution in [2.75, 3.05) is 7.11 Å². The molecule has 0 bridgehead atoms. The van der Waals surface area contributed by atoms with Gasteiger partial charge in [0.15, 0.2) is 0 Å². The van der Waals surface area contributed by atoms with Crippen LogP contribution in [0.3, 0.4) is 0 Å². The van der Waals surface area contributed by atoms with E-state index in [-0.39, 0.29) is 54.5 Å². The summed E-state index contributed by atoms with van der Waals surface area (Å²) >= 11 is 0. The third kappa shape index (κ3) is 10.8. The van der Waals surface area contributed by atoms with Gasteiger partial charge in [-0.1, -0.05) is 50.0 Å². The SMILES string of the molecule is COC1(C)C[C@@H](CC(=O)NC2CCCCC2)O[C@H](/C=C/C(C)=C/CC2OC(C)C(NC(=O)/C=C\C(C)OC=O)CC2C)[C@H]1O. The Morgan fingerprint density at radius 3 is 2.52 bits per heavy atom. The molecule has 10 nitrogen and oxygen atoms in total. The summed E-state index contributed by atoms with van der Waals surface area (Å²) in [6.45, 7) is 9.98. The molecule has 2 amide bonds. The van der Waals surface area contributed by atoms with Crippen molar-refractivity contribution in [2.45, 2.75) is 147 Å². The van der Waals surface area contributed by atoms with Crippen LogP contribution in [-0.2, 0) is 33.3 Å². The van der Waals surface area contributed by atoms with E-state index in [2.05, 4.69) is 23.6 Å². The summed E-state index contributed by atoms with van der Waals surface area (Å²) in [6.07, 6.45) is 14.1. The maximum atomic E-state index is 12.8. The van der Waals surface area contributed by atoms with Crippen molar-refractivity contribution >= 4 is 18.3 Å². The van der Waals surface area contributed by atoms with Crippen LogP contribution in [0.15, 0.2) is 36.0 Å². The molecule has 9 atom stereocenters. The van der Waals surface area contributed by atoms with Gasteiger partial charge in [-0.25, -0.2) is 0 Å². The zero-order valence-electron chi connectivity index (χ0n) is 27.3. The van der Waals surface area contributed by atoms with Crippen LogP contribution in [0.25, 0.3) is 0 Å². The predicted octanol–water partition coefficient (Wildman–Crippen LogP) is 4.06. The number of carbonyl (C=O) groups is 3. The van der Waals surface area contributed by atoms with Gasteiger partial charge in [0, 0.05) is 25.6 Å². The average Bonchev–Trinajstić information content (AvgIpc) is 2.98. The third-order valence-electron chi connectivity index (χ3n) is 9.32. The Bertz CT molecular complexity index is 1040. The molecular formula is C34H54N2O8. The Morgan fingerprint density at radius 1 is 1.11 bits per heavy atom. The number of carbonyl (C=O) groups excluding carboxylic acids is 3. The number of methoxy groups -OCH3 is 1. The van der Waals surface area contributed by atoms with Gasteiger partial charge < -0.3 is 34.7 Å². The van der Waals surface area contributed by atoms with Gasteiger partial charge in [0.25, 0.3) is 6.47 Å². The largest absolute Gasteiger partial charge is 0.461 e. The summed E-state index contributed by atoms with van der Waals surface area (Å²) in [5.41, 5.74) is 0.179. The van der Waals surface area contributed by atoms with E-state index in [0.717, 1.165) is 37.7 Å². The molecule has 248 valence electrons. The molecule has 0 aromatic heterocycles. The van der Waals surface area contributed by atoms with E-state index in [1.54, 1.807) is 14.0 Å². The van der Waals surface area contributed by atoms with Crippen LogP contribution in [-0.4, -0.2) is 84.8 Å². The topological polar surface area (TPSA) is 132 Å². The van der Waals surface area contributed by atoms with Gasteiger partial charge >= 0.3 is 0 Å². The highest BCUT2D eigenvalue weighted by atomic mass is 16.5. The summed E-state index contributed by atoms with van der Waals surface area (Å²) < 4.78 is 23.0. The van der Waals surface area contributed by atoms with E-state index in [4.69, 9.17) is 18.9 Å². The molecule has 2 saturated heterocycles. The van der Waals surface area contributed by atoms with Crippen molar-refractivity contribution in [2.24, 2.45) is 5.92 Å². The zero-order chi connectivity index (χ0) is 32.3. The number of ether oxygens (including phenoxy) is 4. The second-order valence-corrected chi connectivity index (χ2v) is 13.0. The monoisotopic (exact) mass is 618 g/mol. The minimum Gasteiger partial charge on any atom is -0.461 e. The highest BCUT2D eigenvalue weighted by molar-refractivity contribution is 5.87. The molecule has 0 aromatic carbocycles. The van der Waals surface area contributed by atoms with Crippen molar-refractivity contribution in [3.63, 3.8) is 0 Å². The van der Waals surface area contributed by atoms with E-state index in [1.165, 1.54) is 18.6 Å². The molecular weight excluding hydrogens is 564 g/mol. The number of hydrogen-bond donors (Lipinski definition) is 3. The Kier molecular flexibility index (Phi) is 14.1. The van der Waals surface area contributed by atoms with E-state index in [9.17, 15) is 19.5 Å². The molecule has 3 N–H and O–H groups in total. The van der Waals surface area contributed by atoms with Crippen LogP contribution >= 0.6 is 0 Å². The van der Waals surface area contributed by atoms with Crippen LogP contribution in [0.4, 0.5) is 0 Å². The van der Waals surface area contributed by atoms with E-state index in [0.29, 0.717) is 19.3 Å². The lowest BCUT2D eigenvalue weighted by Crippen LogP contribution is -2.56. The maximum absolute atomic E-state index is 12.8. The van der Waals surface area contributed by atoms with Crippen LogP contribution < -0.4 is 10.6 Å². The lowest BCUT2D eigenvalue weighted by atomic mass is 9.84. The molecule has 0 spiro atoms. The molecule has 2 heterocycles. The molecule has 0 aromatic rings. The molecule has 0 radical (unpaired) electrons. The number of allylic oxidation sites excluding steroid dienone is 2. The Morgan fingerprint density at radius 2 is 1.84 bits per heavy atom. The fourth-order valence-electron chi connectivity index (χ4n) is 6.40. The summed E-state index contributed by atoms with van der Waals surface area (Å²) in [6, 6.07) is 0.121. The zero-order valence-corrected chi connectivity index (χ0v) is 27.3. The predicted molar refractivity (Wildman–Crippen MR) is 168 cm³/mol. The van der Waals surface area contributed by atoms with Gasteiger partial charge in [0.05, 0.1) is 36.4 Å². The highest BCUT2D eigenvalue weighted by Gasteiger charge is 2.46. The first-order valence-electron chi connectivity index (χ1n) is 16.2. The smallest absolute Gasteiger partial charge is 0.293 e. The van der Waals surface area contributed by atoms with Crippen LogP contribution in [0.5, 0.6) is 0 Å². The summed E-state index contributed by atoms with van der Waals surface area (Å²) in [5, 5.41) is 17.3. The second-order valence-electron chi connectivity index (χ2n) is 13.0. The average molecular weight is 619 g/mol. The normalized spacial score (nSPS) is 34.5. The summed E-state index contributed by atoms with van der Waals surface area (Å²) in [4.78, 5) is 35.6. The van der Waals surface area contributed by atoms with Gasteiger partial charge in [-0.05, 0) is 65.4 Å². The molecule has 3 aliphatic rings. The second kappa shape index (κ2) is 17.2. The van der Waals surface area contributed by atoms with Gasteiger partial charge in [0.2, 0.25) is 11.8 Å². The summed E-state index contributed by atoms with van der Waals surface area (Å²) in [7, 11) is 1.59. The Balaban J connectivity index is 1.53. The fourth-order valence-corrected chi connectivity index (χ4v) is 6.40. The molecule has 10 heteroatoms.